The largest absolute Gasteiger partial charge is 0.497 e. The van der Waals surface area contributed by atoms with Gasteiger partial charge in [-0.05, 0) is 36.5 Å². The first-order valence-electron chi connectivity index (χ1n) is 7.29. The van der Waals surface area contributed by atoms with Gasteiger partial charge in [-0.2, -0.15) is 0 Å². The summed E-state index contributed by atoms with van der Waals surface area (Å²) in [4.78, 5) is 6.98. The molecule has 5 nitrogen and oxygen atoms in total. The molecule has 3 rings (SSSR count). The molecule has 0 aromatic heterocycles. The number of nitrogens with zero attached hydrogens (tertiary/aromatic N) is 3. The molecule has 2 saturated heterocycles. The van der Waals surface area contributed by atoms with Gasteiger partial charge in [-0.15, -0.1) is 0 Å². The fourth-order valence-corrected chi connectivity index (χ4v) is 2.97. The van der Waals surface area contributed by atoms with Gasteiger partial charge < -0.3 is 19.3 Å². The first kappa shape index (κ1) is 14.4. The van der Waals surface area contributed by atoms with Crippen LogP contribution in [0.1, 0.15) is 0 Å². The maximum absolute atomic E-state index is 5.33. The zero-order chi connectivity index (χ0) is 14.7. The van der Waals surface area contributed by atoms with E-state index in [0.29, 0.717) is 5.17 Å². The lowest BCUT2D eigenvalue weighted by Crippen LogP contribution is -2.50. The third-order valence-electron chi connectivity index (χ3n) is 4.03. The summed E-state index contributed by atoms with van der Waals surface area (Å²) >= 11 is 5.19. The number of anilines is 1. The van der Waals surface area contributed by atoms with Crippen molar-refractivity contribution >= 4 is 23.1 Å². The van der Waals surface area contributed by atoms with Gasteiger partial charge in [0.1, 0.15) is 12.4 Å². The van der Waals surface area contributed by atoms with Gasteiger partial charge in [0.25, 0.3) is 5.17 Å². The van der Waals surface area contributed by atoms with Crippen LogP contribution in [-0.2, 0) is 4.74 Å². The van der Waals surface area contributed by atoms with Crippen LogP contribution in [0.3, 0.4) is 0 Å². The standard InChI is InChI=1S/C15H21N3O2S/c1-19-14-4-2-13(3-5-14)17-8-6-16(7-9-17)12-18-10-11-20-15(18)21/h2-5H,6-12H2,1H3. The third kappa shape index (κ3) is 3.39. The maximum Gasteiger partial charge on any atom is 0.260 e. The Morgan fingerprint density at radius 3 is 2.38 bits per heavy atom. The van der Waals surface area contributed by atoms with Crippen LogP contribution >= 0.6 is 12.2 Å². The molecule has 0 atom stereocenters. The van der Waals surface area contributed by atoms with Gasteiger partial charge in [0, 0.05) is 31.9 Å². The molecule has 2 heterocycles. The van der Waals surface area contributed by atoms with E-state index in [1.54, 1.807) is 7.11 Å². The second-order valence-corrected chi connectivity index (χ2v) is 5.67. The van der Waals surface area contributed by atoms with E-state index in [1.165, 1.54) is 5.69 Å². The molecule has 2 fully saturated rings. The third-order valence-corrected chi connectivity index (χ3v) is 4.40. The van der Waals surface area contributed by atoms with E-state index in [2.05, 4.69) is 26.8 Å². The average Bonchev–Trinajstić information content (AvgIpc) is 2.93. The Balaban J connectivity index is 1.51. The van der Waals surface area contributed by atoms with Gasteiger partial charge in [-0.1, -0.05) is 0 Å². The first-order valence-corrected chi connectivity index (χ1v) is 7.70. The van der Waals surface area contributed by atoms with Crippen LogP contribution in [0.5, 0.6) is 5.75 Å². The number of ether oxygens (including phenoxy) is 2. The summed E-state index contributed by atoms with van der Waals surface area (Å²) in [6.45, 7) is 6.69. The Kier molecular flexibility index (Phi) is 4.45. The normalized spacial score (nSPS) is 19.8. The van der Waals surface area contributed by atoms with E-state index in [1.807, 2.05) is 12.1 Å². The van der Waals surface area contributed by atoms with Crippen LogP contribution in [0.25, 0.3) is 0 Å². The topological polar surface area (TPSA) is 28.2 Å². The highest BCUT2D eigenvalue weighted by Gasteiger charge is 2.23. The molecule has 0 bridgehead atoms. The van der Waals surface area contributed by atoms with Gasteiger partial charge in [-0.3, -0.25) is 4.90 Å². The lowest BCUT2D eigenvalue weighted by atomic mass is 10.2. The summed E-state index contributed by atoms with van der Waals surface area (Å²) in [6.07, 6.45) is 0. The van der Waals surface area contributed by atoms with E-state index in [4.69, 9.17) is 21.7 Å². The lowest BCUT2D eigenvalue weighted by molar-refractivity contribution is 0.186. The Labute approximate surface area is 131 Å². The molecular formula is C15H21N3O2S. The van der Waals surface area contributed by atoms with Crippen molar-refractivity contribution in [1.82, 2.24) is 9.80 Å². The van der Waals surface area contributed by atoms with Crippen molar-refractivity contribution in [2.24, 2.45) is 0 Å². The van der Waals surface area contributed by atoms with Crippen molar-refractivity contribution in [3.8, 4) is 5.75 Å². The minimum Gasteiger partial charge on any atom is -0.497 e. The molecule has 6 heteroatoms. The molecule has 0 amide bonds. The molecule has 0 saturated carbocycles. The van der Waals surface area contributed by atoms with Crippen LogP contribution in [-0.4, -0.2) is 68.1 Å². The molecule has 0 aliphatic carbocycles. The number of rotatable bonds is 4. The molecule has 0 spiro atoms. The number of methoxy groups -OCH3 is 1. The molecule has 0 radical (unpaired) electrons. The quantitative estimate of drug-likeness (QED) is 0.781. The Hall–Kier alpha value is -1.53. The van der Waals surface area contributed by atoms with Crippen molar-refractivity contribution in [3.05, 3.63) is 24.3 Å². The number of hydrogen-bond acceptors (Lipinski definition) is 5. The van der Waals surface area contributed by atoms with Crippen molar-refractivity contribution in [3.63, 3.8) is 0 Å². The molecule has 1 aromatic carbocycles. The molecule has 2 aliphatic rings. The predicted octanol–water partition coefficient (Wildman–Crippen LogP) is 1.39. The van der Waals surface area contributed by atoms with Gasteiger partial charge in [0.05, 0.1) is 20.3 Å². The highest BCUT2D eigenvalue weighted by Crippen LogP contribution is 2.20. The smallest absolute Gasteiger partial charge is 0.260 e. The Morgan fingerprint density at radius 1 is 1.10 bits per heavy atom. The van der Waals surface area contributed by atoms with Crippen molar-refractivity contribution in [2.75, 3.05) is 58.0 Å². The van der Waals surface area contributed by atoms with Gasteiger partial charge in [-0.25, -0.2) is 0 Å². The second-order valence-electron chi connectivity index (χ2n) is 5.32. The zero-order valence-corrected chi connectivity index (χ0v) is 13.1. The Bertz CT molecular complexity index is 486. The van der Waals surface area contributed by atoms with Crippen LogP contribution in [0, 0.1) is 0 Å². The Morgan fingerprint density at radius 2 is 1.81 bits per heavy atom. The number of piperazine rings is 1. The van der Waals surface area contributed by atoms with E-state index >= 15 is 0 Å². The van der Waals surface area contributed by atoms with Gasteiger partial charge >= 0.3 is 0 Å². The second kappa shape index (κ2) is 6.49. The van der Waals surface area contributed by atoms with Gasteiger partial charge in [0.15, 0.2) is 0 Å². The number of thiocarbonyl (C=S) groups is 1. The van der Waals surface area contributed by atoms with Crippen LogP contribution in [0.15, 0.2) is 24.3 Å². The zero-order valence-electron chi connectivity index (χ0n) is 12.3. The molecule has 1 aromatic rings. The highest BCUT2D eigenvalue weighted by atomic mass is 32.1. The van der Waals surface area contributed by atoms with E-state index < -0.39 is 0 Å². The molecule has 114 valence electrons. The maximum atomic E-state index is 5.33. The van der Waals surface area contributed by atoms with Crippen molar-refractivity contribution in [1.29, 1.82) is 0 Å². The van der Waals surface area contributed by atoms with Crippen molar-refractivity contribution < 1.29 is 9.47 Å². The summed E-state index contributed by atoms with van der Waals surface area (Å²) in [6, 6.07) is 8.28. The molecular weight excluding hydrogens is 286 g/mol. The summed E-state index contributed by atoms with van der Waals surface area (Å²) in [5.74, 6) is 0.903. The minimum absolute atomic E-state index is 0.646. The van der Waals surface area contributed by atoms with E-state index in [9.17, 15) is 0 Å². The summed E-state index contributed by atoms with van der Waals surface area (Å²) < 4.78 is 10.5. The van der Waals surface area contributed by atoms with E-state index in [-0.39, 0.29) is 0 Å². The highest BCUT2D eigenvalue weighted by molar-refractivity contribution is 7.80. The fraction of sp³-hybridized carbons (Fsp3) is 0.533. The van der Waals surface area contributed by atoms with Crippen LogP contribution in [0.2, 0.25) is 0 Å². The summed E-state index contributed by atoms with van der Waals surface area (Å²) in [7, 11) is 1.69. The number of benzene rings is 1. The van der Waals surface area contributed by atoms with Crippen LogP contribution in [0.4, 0.5) is 5.69 Å². The van der Waals surface area contributed by atoms with E-state index in [0.717, 1.165) is 51.7 Å². The predicted molar refractivity (Wildman–Crippen MR) is 86.9 cm³/mol. The number of hydrogen-bond donors (Lipinski definition) is 0. The fourth-order valence-electron chi connectivity index (χ4n) is 2.74. The monoisotopic (exact) mass is 307 g/mol. The molecule has 0 N–H and O–H groups in total. The lowest BCUT2D eigenvalue weighted by Gasteiger charge is -2.37. The van der Waals surface area contributed by atoms with Crippen LogP contribution < -0.4 is 9.64 Å². The summed E-state index contributed by atoms with van der Waals surface area (Å²) in [5.41, 5.74) is 1.26. The molecule has 21 heavy (non-hydrogen) atoms. The average molecular weight is 307 g/mol. The summed E-state index contributed by atoms with van der Waals surface area (Å²) in [5, 5.41) is 0.646. The first-order chi connectivity index (χ1) is 10.3. The van der Waals surface area contributed by atoms with Crippen molar-refractivity contribution in [2.45, 2.75) is 0 Å². The molecule has 0 unspecified atom stereocenters. The minimum atomic E-state index is 0.646. The SMILES string of the molecule is COc1ccc(N2CCN(CN3CCOC3=S)CC2)cc1. The van der Waals surface area contributed by atoms with Gasteiger partial charge in [0.2, 0.25) is 0 Å². The molecule has 2 aliphatic heterocycles.